The second kappa shape index (κ2) is 8.11. The number of hydrogen-bond acceptors (Lipinski definition) is 8. The third-order valence-electron chi connectivity index (χ3n) is 3.83. The van der Waals surface area contributed by atoms with Crippen molar-refractivity contribution in [3.05, 3.63) is 48.0 Å². The Morgan fingerprint density at radius 1 is 1.04 bits per heavy atom. The van der Waals surface area contributed by atoms with Crippen molar-refractivity contribution >= 4 is 17.9 Å². The van der Waals surface area contributed by atoms with Crippen molar-refractivity contribution in [1.82, 2.24) is 0 Å². The van der Waals surface area contributed by atoms with Crippen LogP contribution in [-0.4, -0.2) is 58.6 Å². The van der Waals surface area contributed by atoms with Crippen LogP contribution in [0.3, 0.4) is 0 Å². The van der Waals surface area contributed by atoms with Crippen molar-refractivity contribution in [1.29, 1.82) is 0 Å². The monoisotopic (exact) mass is 364 g/mol. The molecule has 0 radical (unpaired) electrons. The van der Waals surface area contributed by atoms with Crippen molar-refractivity contribution in [2.75, 3.05) is 6.61 Å². The van der Waals surface area contributed by atoms with E-state index in [1.165, 1.54) is 24.3 Å². The number of hydrogen-bond donors (Lipinski definition) is 2. The topological polar surface area (TPSA) is 119 Å². The molecule has 0 bridgehead atoms. The summed E-state index contributed by atoms with van der Waals surface area (Å²) in [7, 11) is 0. The molecule has 0 heterocycles. The molecular formula is C18H20O8. The molecule has 8 heteroatoms. The van der Waals surface area contributed by atoms with Gasteiger partial charge in [-0.05, 0) is 24.3 Å². The van der Waals surface area contributed by atoms with E-state index in [1.54, 1.807) is 18.2 Å². The Labute approximate surface area is 150 Å². The highest BCUT2D eigenvalue weighted by Crippen LogP contribution is 2.30. The molecule has 2 N–H and O–H groups in total. The molecule has 1 aliphatic rings. The average molecular weight is 364 g/mol. The number of aliphatic hydroxyl groups excluding tert-OH is 1. The summed E-state index contributed by atoms with van der Waals surface area (Å²) >= 11 is 0. The van der Waals surface area contributed by atoms with E-state index >= 15 is 0 Å². The summed E-state index contributed by atoms with van der Waals surface area (Å²) in [5, 5.41) is 21.3. The first kappa shape index (κ1) is 19.6. The molecule has 0 amide bonds. The van der Waals surface area contributed by atoms with Gasteiger partial charge in [0.1, 0.15) is 18.8 Å². The molecule has 0 fully saturated rings. The van der Waals surface area contributed by atoms with Gasteiger partial charge in [0, 0.05) is 13.8 Å². The highest BCUT2D eigenvalue weighted by Gasteiger charge is 2.52. The summed E-state index contributed by atoms with van der Waals surface area (Å²) in [6.07, 6.45) is -1.57. The van der Waals surface area contributed by atoms with Gasteiger partial charge in [-0.25, -0.2) is 4.79 Å². The maximum absolute atomic E-state index is 12.1. The molecule has 0 unspecified atom stereocenters. The van der Waals surface area contributed by atoms with Crippen molar-refractivity contribution in [2.45, 2.75) is 37.8 Å². The normalized spacial score (nSPS) is 27.5. The first-order valence-electron chi connectivity index (χ1n) is 7.89. The van der Waals surface area contributed by atoms with Crippen molar-refractivity contribution in [3.63, 3.8) is 0 Å². The summed E-state index contributed by atoms with van der Waals surface area (Å²) < 4.78 is 15.0. The van der Waals surface area contributed by atoms with Gasteiger partial charge in [0.25, 0.3) is 0 Å². The van der Waals surface area contributed by atoms with Gasteiger partial charge >= 0.3 is 17.9 Å². The number of esters is 3. The molecule has 1 aliphatic carbocycles. The Hall–Kier alpha value is -2.71. The largest absolute Gasteiger partial charge is 0.459 e. The molecule has 0 saturated heterocycles. The molecule has 0 spiro atoms. The van der Waals surface area contributed by atoms with Gasteiger partial charge < -0.3 is 24.4 Å². The molecule has 2 rings (SSSR count). The second-order valence-electron chi connectivity index (χ2n) is 5.87. The van der Waals surface area contributed by atoms with E-state index in [1.807, 2.05) is 0 Å². The first-order valence-corrected chi connectivity index (χ1v) is 7.89. The van der Waals surface area contributed by atoms with Crippen molar-refractivity contribution in [3.8, 4) is 0 Å². The van der Waals surface area contributed by atoms with Crippen LogP contribution < -0.4 is 0 Å². The maximum Gasteiger partial charge on any atom is 0.338 e. The molecular weight excluding hydrogens is 344 g/mol. The van der Waals surface area contributed by atoms with Gasteiger partial charge in [-0.15, -0.1) is 0 Å². The van der Waals surface area contributed by atoms with E-state index < -0.39 is 48.4 Å². The standard InChI is InChI=1S/C18H20O8/c1-11(19)25-14-8-9-15(26-12(2)20)18(23,16(14)21)10-24-17(22)13-6-4-3-5-7-13/h3-9,14-16,21,23H,10H2,1-2H3/t14-,15+,16-,18-/m1/s1. The van der Waals surface area contributed by atoms with E-state index in [9.17, 15) is 24.6 Å². The number of aliphatic hydroxyl groups is 2. The highest BCUT2D eigenvalue weighted by atomic mass is 16.6. The number of benzene rings is 1. The van der Waals surface area contributed by atoms with E-state index in [0.29, 0.717) is 0 Å². The molecule has 0 aromatic heterocycles. The predicted octanol–water partition coefficient (Wildman–Crippen LogP) is 0.369. The molecule has 140 valence electrons. The van der Waals surface area contributed by atoms with E-state index in [-0.39, 0.29) is 5.56 Å². The lowest BCUT2D eigenvalue weighted by atomic mass is 9.82. The van der Waals surface area contributed by atoms with Gasteiger partial charge in [-0.2, -0.15) is 0 Å². The SMILES string of the molecule is CC(=O)O[C@H]1C=C[C@@H](OC(C)=O)[C@@H](O)[C@@]1(O)COC(=O)c1ccccc1. The van der Waals surface area contributed by atoms with Gasteiger partial charge in [0.15, 0.2) is 11.7 Å². The van der Waals surface area contributed by atoms with Crippen LogP contribution in [0, 0.1) is 0 Å². The van der Waals surface area contributed by atoms with Crippen LogP contribution in [0.5, 0.6) is 0 Å². The number of carbonyl (C=O) groups is 3. The lowest BCUT2D eigenvalue weighted by molar-refractivity contribution is -0.205. The van der Waals surface area contributed by atoms with Crippen molar-refractivity contribution in [2.24, 2.45) is 0 Å². The summed E-state index contributed by atoms with van der Waals surface area (Å²) in [5.41, 5.74) is -1.94. The molecule has 26 heavy (non-hydrogen) atoms. The zero-order valence-corrected chi connectivity index (χ0v) is 14.3. The van der Waals surface area contributed by atoms with Crippen LogP contribution in [0.4, 0.5) is 0 Å². The van der Waals surface area contributed by atoms with E-state index in [2.05, 4.69) is 0 Å². The maximum atomic E-state index is 12.1. The minimum atomic E-state index is -2.19. The van der Waals surface area contributed by atoms with Crippen LogP contribution in [0.15, 0.2) is 42.5 Å². The first-order chi connectivity index (χ1) is 12.2. The van der Waals surface area contributed by atoms with Crippen LogP contribution in [0.2, 0.25) is 0 Å². The molecule has 8 nitrogen and oxygen atoms in total. The van der Waals surface area contributed by atoms with Gasteiger partial charge in [0.05, 0.1) is 5.56 Å². The Balaban J connectivity index is 2.20. The minimum absolute atomic E-state index is 0.248. The van der Waals surface area contributed by atoms with Gasteiger partial charge in [-0.3, -0.25) is 9.59 Å². The predicted molar refractivity (Wildman–Crippen MR) is 87.9 cm³/mol. The van der Waals surface area contributed by atoms with E-state index in [4.69, 9.17) is 14.2 Å². The fourth-order valence-electron chi connectivity index (χ4n) is 2.56. The molecule has 0 aliphatic heterocycles. The third kappa shape index (κ3) is 4.47. The summed E-state index contributed by atoms with van der Waals surface area (Å²) in [6.45, 7) is 1.60. The quantitative estimate of drug-likeness (QED) is 0.437. The highest BCUT2D eigenvalue weighted by molar-refractivity contribution is 5.89. The average Bonchev–Trinajstić information content (AvgIpc) is 2.60. The smallest absolute Gasteiger partial charge is 0.338 e. The molecule has 4 atom stereocenters. The Bertz CT molecular complexity index is 698. The number of ether oxygens (including phenoxy) is 3. The number of rotatable bonds is 5. The zero-order chi connectivity index (χ0) is 19.3. The second-order valence-corrected chi connectivity index (χ2v) is 5.87. The number of carbonyl (C=O) groups excluding carboxylic acids is 3. The van der Waals surface area contributed by atoms with Crippen LogP contribution in [0.1, 0.15) is 24.2 Å². The minimum Gasteiger partial charge on any atom is -0.459 e. The van der Waals surface area contributed by atoms with Gasteiger partial charge in [0.2, 0.25) is 0 Å². The lowest BCUT2D eigenvalue weighted by Crippen LogP contribution is -2.62. The third-order valence-corrected chi connectivity index (χ3v) is 3.83. The summed E-state index contributed by atoms with van der Waals surface area (Å²) in [6, 6.07) is 8.05. The lowest BCUT2D eigenvalue weighted by Gasteiger charge is -2.41. The molecule has 1 aromatic rings. The van der Waals surface area contributed by atoms with Crippen LogP contribution in [0.25, 0.3) is 0 Å². The Kier molecular flexibility index (Phi) is 6.12. The van der Waals surface area contributed by atoms with E-state index in [0.717, 1.165) is 13.8 Å². The fraction of sp³-hybridized carbons (Fsp3) is 0.389. The molecule has 1 aromatic carbocycles. The summed E-state index contributed by atoms with van der Waals surface area (Å²) in [5.74, 6) is -2.11. The summed E-state index contributed by atoms with van der Waals surface area (Å²) in [4.78, 5) is 34.5. The zero-order valence-electron chi connectivity index (χ0n) is 14.3. The van der Waals surface area contributed by atoms with Crippen LogP contribution in [-0.2, 0) is 23.8 Å². The fourth-order valence-corrected chi connectivity index (χ4v) is 2.56. The van der Waals surface area contributed by atoms with Crippen molar-refractivity contribution < 1.29 is 38.8 Å². The Morgan fingerprint density at radius 3 is 2.23 bits per heavy atom. The van der Waals surface area contributed by atoms with Gasteiger partial charge in [-0.1, -0.05) is 18.2 Å². The van der Waals surface area contributed by atoms with Crippen LogP contribution >= 0.6 is 0 Å². The molecule has 0 saturated carbocycles. The Morgan fingerprint density at radius 2 is 1.65 bits per heavy atom.